The summed E-state index contributed by atoms with van der Waals surface area (Å²) in [5, 5.41) is 8.83. The summed E-state index contributed by atoms with van der Waals surface area (Å²) in [6, 6.07) is 3.41. The zero-order valence-corrected chi connectivity index (χ0v) is 9.11. The number of nitrogens with two attached hydrogens (primary N) is 1. The molecule has 0 aliphatic heterocycles. The number of sulfonamides is 1. The average molecular weight is 246 g/mol. The van der Waals surface area contributed by atoms with Crippen LogP contribution in [-0.4, -0.2) is 26.6 Å². The van der Waals surface area contributed by atoms with Crippen molar-refractivity contribution in [1.29, 1.82) is 0 Å². The number of carbonyl (C=O) groups is 1. The third kappa shape index (κ3) is 2.30. The van der Waals surface area contributed by atoms with E-state index in [-0.39, 0.29) is 16.2 Å². The van der Waals surface area contributed by atoms with Gasteiger partial charge in [0.25, 0.3) is 10.0 Å². The maximum Gasteiger partial charge on any atom is 0.339 e. The highest BCUT2D eigenvalue weighted by Gasteiger charge is 2.18. The molecule has 0 amide bonds. The van der Waals surface area contributed by atoms with Crippen molar-refractivity contribution < 1.29 is 23.1 Å². The molecule has 0 spiro atoms. The molecule has 1 aromatic carbocycles. The van der Waals surface area contributed by atoms with Gasteiger partial charge in [-0.1, -0.05) is 0 Å². The largest absolute Gasteiger partial charge is 0.496 e. The minimum absolute atomic E-state index is 0.0727. The van der Waals surface area contributed by atoms with Gasteiger partial charge in [-0.2, -0.15) is 4.83 Å². The number of hydrogen-bond acceptors (Lipinski definition) is 5. The van der Waals surface area contributed by atoms with Gasteiger partial charge in [0.1, 0.15) is 11.3 Å². The second-order valence-corrected chi connectivity index (χ2v) is 4.50. The van der Waals surface area contributed by atoms with E-state index in [9.17, 15) is 13.2 Å². The van der Waals surface area contributed by atoms with Crippen LogP contribution in [0.4, 0.5) is 0 Å². The molecule has 0 saturated heterocycles. The van der Waals surface area contributed by atoms with Crippen molar-refractivity contribution in [1.82, 2.24) is 4.83 Å². The van der Waals surface area contributed by atoms with E-state index in [0.717, 1.165) is 6.07 Å². The topological polar surface area (TPSA) is 119 Å². The van der Waals surface area contributed by atoms with E-state index in [1.165, 1.54) is 19.2 Å². The molecule has 0 radical (unpaired) electrons. The number of hydrogen-bond donors (Lipinski definition) is 3. The minimum Gasteiger partial charge on any atom is -0.496 e. The number of methoxy groups -OCH3 is 1. The Labute approximate surface area is 91.9 Å². The molecule has 0 saturated carbocycles. The van der Waals surface area contributed by atoms with Crippen LogP contribution in [0.3, 0.4) is 0 Å². The number of carboxylic acids is 1. The molecule has 16 heavy (non-hydrogen) atoms. The zero-order valence-electron chi connectivity index (χ0n) is 8.30. The molecule has 0 aliphatic carbocycles. The van der Waals surface area contributed by atoms with Crippen LogP contribution in [0, 0.1) is 0 Å². The van der Waals surface area contributed by atoms with Crippen molar-refractivity contribution in [2.45, 2.75) is 4.90 Å². The second kappa shape index (κ2) is 4.47. The molecule has 0 unspecified atom stereocenters. The van der Waals surface area contributed by atoms with E-state index in [0.29, 0.717) is 0 Å². The molecule has 7 nitrogen and oxygen atoms in total. The lowest BCUT2D eigenvalue weighted by atomic mass is 10.2. The van der Waals surface area contributed by atoms with Crippen molar-refractivity contribution in [3.05, 3.63) is 23.8 Å². The van der Waals surface area contributed by atoms with Gasteiger partial charge >= 0.3 is 5.97 Å². The molecule has 8 heteroatoms. The van der Waals surface area contributed by atoms with Crippen LogP contribution in [0.1, 0.15) is 10.4 Å². The predicted octanol–water partition coefficient (Wildman–Crippen LogP) is -0.455. The minimum atomic E-state index is -3.87. The standard InChI is InChI=1S/C8H10N2O5S/c1-15-7-3-2-5(16(13,14)10-9)4-6(7)8(11)12/h2-4,10H,9H2,1H3,(H,11,12). The highest BCUT2D eigenvalue weighted by atomic mass is 32.2. The highest BCUT2D eigenvalue weighted by Crippen LogP contribution is 2.21. The normalized spacial score (nSPS) is 11.1. The Balaban J connectivity index is 3.39. The Kier molecular flexibility index (Phi) is 3.48. The fourth-order valence-corrected chi connectivity index (χ4v) is 1.75. The SMILES string of the molecule is COc1ccc(S(=O)(=O)NN)cc1C(=O)O. The molecule has 0 atom stereocenters. The third-order valence-electron chi connectivity index (χ3n) is 1.87. The van der Waals surface area contributed by atoms with Gasteiger partial charge in [0.15, 0.2) is 0 Å². The number of hydrazine groups is 1. The molecular formula is C8H10N2O5S. The molecule has 0 fully saturated rings. The van der Waals surface area contributed by atoms with Gasteiger partial charge in [-0.15, -0.1) is 0 Å². The van der Waals surface area contributed by atoms with Crippen LogP contribution in [-0.2, 0) is 10.0 Å². The Morgan fingerprint density at radius 2 is 2.12 bits per heavy atom. The molecule has 0 heterocycles. The summed E-state index contributed by atoms with van der Waals surface area (Å²) < 4.78 is 27.4. The summed E-state index contributed by atoms with van der Waals surface area (Å²) in [7, 11) is -2.58. The monoisotopic (exact) mass is 246 g/mol. The van der Waals surface area contributed by atoms with Crippen LogP contribution in [0.25, 0.3) is 0 Å². The van der Waals surface area contributed by atoms with Gasteiger partial charge in [-0.25, -0.2) is 13.2 Å². The van der Waals surface area contributed by atoms with Crippen molar-refractivity contribution in [2.24, 2.45) is 5.84 Å². The molecule has 0 bridgehead atoms. The summed E-state index contributed by atoms with van der Waals surface area (Å²) in [6.45, 7) is 0. The van der Waals surface area contributed by atoms with Crippen LogP contribution in [0.2, 0.25) is 0 Å². The van der Waals surface area contributed by atoms with E-state index in [2.05, 4.69) is 0 Å². The third-order valence-corrected chi connectivity index (χ3v) is 3.05. The maximum absolute atomic E-state index is 11.3. The fourth-order valence-electron chi connectivity index (χ4n) is 1.09. The van der Waals surface area contributed by atoms with E-state index in [1.807, 2.05) is 0 Å². The van der Waals surface area contributed by atoms with Gasteiger partial charge in [0.05, 0.1) is 12.0 Å². The van der Waals surface area contributed by atoms with Gasteiger partial charge in [-0.3, -0.25) is 5.84 Å². The molecule has 0 aliphatic rings. The first kappa shape index (κ1) is 12.4. The summed E-state index contributed by atoms with van der Waals surface area (Å²) in [4.78, 5) is 12.2. The summed E-state index contributed by atoms with van der Waals surface area (Å²) >= 11 is 0. The molecular weight excluding hydrogens is 236 g/mol. The smallest absolute Gasteiger partial charge is 0.339 e. The first-order valence-corrected chi connectivity index (χ1v) is 5.54. The molecule has 88 valence electrons. The van der Waals surface area contributed by atoms with Gasteiger partial charge in [0, 0.05) is 0 Å². The number of benzene rings is 1. The lowest BCUT2D eigenvalue weighted by Crippen LogP contribution is -2.30. The van der Waals surface area contributed by atoms with Crippen molar-refractivity contribution >= 4 is 16.0 Å². The molecule has 4 N–H and O–H groups in total. The summed E-state index contributed by atoms with van der Waals surface area (Å²) in [6.07, 6.45) is 0. The lowest BCUT2D eigenvalue weighted by molar-refractivity contribution is 0.0693. The van der Waals surface area contributed by atoms with Gasteiger partial charge < -0.3 is 9.84 Å². The highest BCUT2D eigenvalue weighted by molar-refractivity contribution is 7.89. The maximum atomic E-state index is 11.3. The number of rotatable bonds is 4. The van der Waals surface area contributed by atoms with Crippen LogP contribution >= 0.6 is 0 Å². The van der Waals surface area contributed by atoms with Gasteiger partial charge in [-0.05, 0) is 18.2 Å². The molecule has 1 aromatic rings. The van der Waals surface area contributed by atoms with Crippen molar-refractivity contribution in [2.75, 3.05) is 7.11 Å². The summed E-state index contributed by atoms with van der Waals surface area (Å²) in [5.41, 5.74) is -0.251. The quantitative estimate of drug-likeness (QED) is 0.489. The predicted molar refractivity (Wildman–Crippen MR) is 54.5 cm³/mol. The molecule has 1 rings (SSSR count). The van der Waals surface area contributed by atoms with Crippen LogP contribution in [0.15, 0.2) is 23.1 Å². The Morgan fingerprint density at radius 1 is 1.50 bits per heavy atom. The van der Waals surface area contributed by atoms with Crippen molar-refractivity contribution in [3.63, 3.8) is 0 Å². The number of nitrogens with one attached hydrogen (secondary N) is 1. The number of ether oxygens (including phenoxy) is 1. The number of carboxylic acid groups (broad SMARTS) is 1. The first-order chi connectivity index (χ1) is 7.42. The van der Waals surface area contributed by atoms with E-state index < -0.39 is 16.0 Å². The summed E-state index contributed by atoms with van der Waals surface area (Å²) in [5.74, 6) is 3.60. The second-order valence-electron chi connectivity index (χ2n) is 2.79. The zero-order chi connectivity index (χ0) is 12.3. The average Bonchev–Trinajstić information content (AvgIpc) is 2.28. The Morgan fingerprint density at radius 3 is 2.56 bits per heavy atom. The van der Waals surface area contributed by atoms with E-state index >= 15 is 0 Å². The van der Waals surface area contributed by atoms with Crippen molar-refractivity contribution in [3.8, 4) is 5.75 Å². The van der Waals surface area contributed by atoms with Crippen LogP contribution < -0.4 is 15.4 Å². The Bertz CT molecular complexity index is 511. The number of aromatic carboxylic acids is 1. The fraction of sp³-hybridized carbons (Fsp3) is 0.125. The van der Waals surface area contributed by atoms with E-state index in [4.69, 9.17) is 15.7 Å². The van der Waals surface area contributed by atoms with E-state index in [1.54, 1.807) is 4.83 Å². The first-order valence-electron chi connectivity index (χ1n) is 4.06. The van der Waals surface area contributed by atoms with Crippen LogP contribution in [0.5, 0.6) is 5.75 Å². The molecule has 0 aromatic heterocycles. The Hall–Kier alpha value is -1.64. The lowest BCUT2D eigenvalue weighted by Gasteiger charge is -2.07. The van der Waals surface area contributed by atoms with Gasteiger partial charge in [0.2, 0.25) is 0 Å².